The molecule has 108 valence electrons. The lowest BCUT2D eigenvalue weighted by atomic mass is 10.1. The summed E-state index contributed by atoms with van der Waals surface area (Å²) < 4.78 is 37.4. The lowest BCUT2D eigenvalue weighted by molar-refractivity contribution is 0.320. The number of nitrogens with zero attached hydrogens (tertiary/aromatic N) is 1. The first-order chi connectivity index (χ1) is 9.56. The maximum atomic E-state index is 13.2. The van der Waals surface area contributed by atoms with Gasteiger partial charge in [0.1, 0.15) is 5.82 Å². The molecule has 0 aliphatic carbocycles. The van der Waals surface area contributed by atoms with E-state index in [0.717, 1.165) is 37.6 Å². The van der Waals surface area contributed by atoms with Crippen molar-refractivity contribution < 1.29 is 12.8 Å². The maximum Gasteiger partial charge on any atom is 0.200 e. The third-order valence-electron chi connectivity index (χ3n) is 3.99. The van der Waals surface area contributed by atoms with Gasteiger partial charge in [0.15, 0.2) is 0 Å². The van der Waals surface area contributed by atoms with Crippen molar-refractivity contribution >= 4 is 15.4 Å². The molecule has 1 aromatic carbocycles. The van der Waals surface area contributed by atoms with Crippen LogP contribution < -0.4 is 0 Å². The van der Waals surface area contributed by atoms with Gasteiger partial charge in [-0.25, -0.2) is 12.8 Å². The Morgan fingerprint density at radius 2 is 1.80 bits per heavy atom. The average molecular weight is 295 g/mol. The molecule has 20 heavy (non-hydrogen) atoms. The standard InChI is InChI=1S/C15H18FNO2S/c16-13-5-6-14-12(11-20(18,19)15(14)9-13)10-17-7-3-1-2-4-8-17/h5-6,9,11H,1-4,7-8,10H2. The van der Waals surface area contributed by atoms with Crippen LogP contribution in [0.2, 0.25) is 0 Å². The van der Waals surface area contributed by atoms with E-state index in [1.165, 1.54) is 24.3 Å². The van der Waals surface area contributed by atoms with Crippen LogP contribution in [0, 0.1) is 5.82 Å². The molecule has 0 atom stereocenters. The van der Waals surface area contributed by atoms with E-state index in [4.69, 9.17) is 0 Å². The molecule has 3 rings (SSSR count). The third-order valence-corrected chi connectivity index (χ3v) is 5.53. The Kier molecular flexibility index (Phi) is 3.65. The summed E-state index contributed by atoms with van der Waals surface area (Å²) in [6, 6.07) is 4.03. The first-order valence-corrected chi connectivity index (χ1v) is 8.59. The van der Waals surface area contributed by atoms with Gasteiger partial charge in [-0.1, -0.05) is 18.9 Å². The molecule has 0 N–H and O–H groups in total. The van der Waals surface area contributed by atoms with Crippen LogP contribution >= 0.6 is 0 Å². The molecule has 1 fully saturated rings. The van der Waals surface area contributed by atoms with Gasteiger partial charge in [0.25, 0.3) is 0 Å². The fourth-order valence-electron chi connectivity index (χ4n) is 2.97. The van der Waals surface area contributed by atoms with Gasteiger partial charge in [0.2, 0.25) is 9.84 Å². The number of fused-ring (bicyclic) bond motifs is 1. The Morgan fingerprint density at radius 3 is 2.50 bits per heavy atom. The number of benzene rings is 1. The highest BCUT2D eigenvalue weighted by Crippen LogP contribution is 2.34. The third kappa shape index (κ3) is 2.65. The first-order valence-electron chi connectivity index (χ1n) is 7.04. The summed E-state index contributed by atoms with van der Waals surface area (Å²) in [4.78, 5) is 2.41. The van der Waals surface area contributed by atoms with Crippen LogP contribution in [0.5, 0.6) is 0 Å². The Hall–Kier alpha value is -1.20. The van der Waals surface area contributed by atoms with Gasteiger partial charge in [0, 0.05) is 12.0 Å². The van der Waals surface area contributed by atoms with Crippen LogP contribution in [0.3, 0.4) is 0 Å². The predicted octanol–water partition coefficient (Wildman–Crippen LogP) is 2.83. The highest BCUT2D eigenvalue weighted by molar-refractivity contribution is 7.95. The Labute approximate surface area is 119 Å². The Morgan fingerprint density at radius 1 is 1.10 bits per heavy atom. The molecule has 0 amide bonds. The molecule has 0 bridgehead atoms. The molecule has 0 saturated carbocycles. The summed E-state index contributed by atoms with van der Waals surface area (Å²) in [5, 5.41) is 1.31. The highest BCUT2D eigenvalue weighted by atomic mass is 32.2. The zero-order valence-corrected chi connectivity index (χ0v) is 12.1. The minimum Gasteiger partial charge on any atom is -0.299 e. The molecule has 1 aromatic rings. The number of halogens is 1. The largest absolute Gasteiger partial charge is 0.299 e. The van der Waals surface area contributed by atoms with Crippen molar-refractivity contribution in [2.75, 3.05) is 19.6 Å². The first kappa shape index (κ1) is 13.8. The minimum atomic E-state index is -3.47. The number of hydrogen-bond donors (Lipinski definition) is 0. The van der Waals surface area contributed by atoms with Crippen molar-refractivity contribution in [2.45, 2.75) is 30.6 Å². The minimum absolute atomic E-state index is 0.113. The molecule has 5 heteroatoms. The van der Waals surface area contributed by atoms with Crippen LogP contribution in [0.15, 0.2) is 28.5 Å². The van der Waals surface area contributed by atoms with Crippen LogP contribution in [-0.4, -0.2) is 33.0 Å². The van der Waals surface area contributed by atoms with Gasteiger partial charge < -0.3 is 0 Å². The van der Waals surface area contributed by atoms with Crippen LogP contribution in [0.4, 0.5) is 4.39 Å². The van der Waals surface area contributed by atoms with E-state index < -0.39 is 15.7 Å². The number of likely N-dealkylation sites (tertiary alicyclic amines) is 1. The van der Waals surface area contributed by atoms with E-state index in [2.05, 4.69) is 4.90 Å². The topological polar surface area (TPSA) is 37.4 Å². The van der Waals surface area contributed by atoms with Crippen molar-refractivity contribution in [3.8, 4) is 0 Å². The molecule has 1 saturated heterocycles. The Bertz CT molecular complexity index is 644. The van der Waals surface area contributed by atoms with E-state index in [0.29, 0.717) is 12.1 Å². The van der Waals surface area contributed by atoms with Crippen molar-refractivity contribution in [1.29, 1.82) is 0 Å². The molecular weight excluding hydrogens is 277 g/mol. The average Bonchev–Trinajstić information content (AvgIpc) is 2.59. The monoisotopic (exact) mass is 295 g/mol. The van der Waals surface area contributed by atoms with Gasteiger partial charge in [-0.05, 0) is 49.2 Å². The van der Waals surface area contributed by atoms with Crippen molar-refractivity contribution in [3.05, 3.63) is 35.0 Å². The van der Waals surface area contributed by atoms with Gasteiger partial charge in [0.05, 0.1) is 4.90 Å². The fraction of sp³-hybridized carbons (Fsp3) is 0.467. The van der Waals surface area contributed by atoms with E-state index in [9.17, 15) is 12.8 Å². The molecule has 2 heterocycles. The molecule has 0 aromatic heterocycles. The summed E-state index contributed by atoms with van der Waals surface area (Å²) in [5.74, 6) is -0.503. The van der Waals surface area contributed by atoms with Gasteiger partial charge in [-0.3, -0.25) is 4.90 Å². The van der Waals surface area contributed by atoms with Crippen molar-refractivity contribution in [2.24, 2.45) is 0 Å². The zero-order chi connectivity index (χ0) is 14.2. The smallest absolute Gasteiger partial charge is 0.200 e. The summed E-state index contributed by atoms with van der Waals surface area (Å²) >= 11 is 0. The summed E-state index contributed by atoms with van der Waals surface area (Å²) in [5.41, 5.74) is 1.46. The zero-order valence-electron chi connectivity index (χ0n) is 11.3. The highest BCUT2D eigenvalue weighted by Gasteiger charge is 2.28. The second-order valence-corrected chi connectivity index (χ2v) is 7.28. The normalized spacial score (nSPS) is 22.1. The predicted molar refractivity (Wildman–Crippen MR) is 76.5 cm³/mol. The van der Waals surface area contributed by atoms with Crippen molar-refractivity contribution in [3.63, 3.8) is 0 Å². The van der Waals surface area contributed by atoms with E-state index >= 15 is 0 Å². The van der Waals surface area contributed by atoms with Crippen LogP contribution in [0.25, 0.3) is 5.57 Å². The van der Waals surface area contributed by atoms with Gasteiger partial charge >= 0.3 is 0 Å². The number of hydrogen-bond acceptors (Lipinski definition) is 3. The molecule has 0 spiro atoms. The van der Waals surface area contributed by atoms with Crippen LogP contribution in [0.1, 0.15) is 31.2 Å². The molecule has 0 unspecified atom stereocenters. The van der Waals surface area contributed by atoms with E-state index in [1.54, 1.807) is 6.07 Å². The van der Waals surface area contributed by atoms with Crippen LogP contribution in [-0.2, 0) is 9.84 Å². The second-order valence-electron chi connectivity index (χ2n) is 5.52. The Balaban J connectivity index is 1.88. The van der Waals surface area contributed by atoms with E-state index in [1.807, 2.05) is 0 Å². The maximum absolute atomic E-state index is 13.2. The SMILES string of the molecule is O=S1(=O)C=C(CN2CCCCCC2)c2ccc(F)cc21. The quantitative estimate of drug-likeness (QED) is 0.842. The van der Waals surface area contributed by atoms with E-state index in [-0.39, 0.29) is 4.90 Å². The molecule has 0 radical (unpaired) electrons. The molecular formula is C15H18FNO2S. The lowest BCUT2D eigenvalue weighted by Crippen LogP contribution is -2.26. The summed E-state index contributed by atoms with van der Waals surface area (Å²) in [6.07, 6.45) is 4.82. The fourth-order valence-corrected chi connectivity index (χ4v) is 4.45. The van der Waals surface area contributed by atoms with Gasteiger partial charge in [-0.2, -0.15) is 0 Å². The second kappa shape index (κ2) is 5.30. The molecule has 3 nitrogen and oxygen atoms in total. The lowest BCUT2D eigenvalue weighted by Gasteiger charge is -2.20. The number of sulfone groups is 1. The summed E-state index contributed by atoms with van der Waals surface area (Å²) in [7, 11) is -3.47. The van der Waals surface area contributed by atoms with Crippen molar-refractivity contribution in [1.82, 2.24) is 4.90 Å². The summed E-state index contributed by atoms with van der Waals surface area (Å²) in [6.45, 7) is 2.65. The number of rotatable bonds is 2. The van der Waals surface area contributed by atoms with Gasteiger partial charge in [-0.15, -0.1) is 0 Å². The molecule has 2 aliphatic heterocycles. The molecule has 2 aliphatic rings.